The van der Waals surface area contributed by atoms with Gasteiger partial charge in [0.1, 0.15) is 11.5 Å². The number of unbranched alkanes of at least 4 members (excludes halogenated alkanes) is 1. The van der Waals surface area contributed by atoms with Crippen molar-refractivity contribution in [1.82, 2.24) is 0 Å². The minimum absolute atomic E-state index is 0.0167. The van der Waals surface area contributed by atoms with Gasteiger partial charge in [0.2, 0.25) is 5.91 Å². The Labute approximate surface area is 158 Å². The Morgan fingerprint density at radius 3 is 2.89 bits per heavy atom. The monoisotopic (exact) mass is 368 g/mol. The molecule has 2 aromatic rings. The lowest BCUT2D eigenvalue weighted by molar-refractivity contribution is -0.118. The van der Waals surface area contributed by atoms with Gasteiger partial charge in [0.15, 0.2) is 6.61 Å². The van der Waals surface area contributed by atoms with Crippen LogP contribution in [0.3, 0.4) is 0 Å². The van der Waals surface area contributed by atoms with Crippen molar-refractivity contribution in [2.75, 3.05) is 23.8 Å². The van der Waals surface area contributed by atoms with Crippen LogP contribution in [0.5, 0.6) is 11.5 Å². The summed E-state index contributed by atoms with van der Waals surface area (Å²) in [5.74, 6) is 1.24. The first-order chi connectivity index (χ1) is 13.0. The van der Waals surface area contributed by atoms with Gasteiger partial charge in [0, 0.05) is 12.1 Å². The molecule has 142 valence electrons. The average Bonchev–Trinajstić information content (AvgIpc) is 2.64. The maximum absolute atomic E-state index is 12.1. The van der Waals surface area contributed by atoms with Crippen LogP contribution < -0.4 is 20.1 Å². The molecule has 6 nitrogen and oxygen atoms in total. The summed E-state index contributed by atoms with van der Waals surface area (Å²) in [6.07, 6.45) is 1.95. The predicted molar refractivity (Wildman–Crippen MR) is 104 cm³/mol. The molecule has 1 aliphatic heterocycles. The first-order valence-electron chi connectivity index (χ1n) is 9.08. The van der Waals surface area contributed by atoms with E-state index in [1.54, 1.807) is 18.2 Å². The maximum atomic E-state index is 12.1. The van der Waals surface area contributed by atoms with Gasteiger partial charge in [-0.25, -0.2) is 0 Å². The van der Waals surface area contributed by atoms with E-state index in [1.165, 1.54) is 5.56 Å². The van der Waals surface area contributed by atoms with Crippen LogP contribution in [0, 0.1) is 13.8 Å². The van der Waals surface area contributed by atoms with Crippen molar-refractivity contribution in [3.05, 3.63) is 47.5 Å². The molecule has 0 bridgehead atoms. The standard InChI is InChI=1S/C21H24N2O4/c1-14-6-7-15(2)19(11-14)26-10-4-3-5-20(24)22-16-8-9-18-17(12-16)23-21(25)13-27-18/h6-9,11-12H,3-5,10,13H2,1-2H3,(H,22,24)(H,23,25). The number of carbonyl (C=O) groups is 2. The second-order valence-corrected chi connectivity index (χ2v) is 6.67. The number of benzene rings is 2. The zero-order valence-electron chi connectivity index (χ0n) is 15.6. The molecule has 0 aliphatic carbocycles. The number of anilines is 2. The molecule has 2 amide bonds. The molecule has 0 atom stereocenters. The SMILES string of the molecule is Cc1ccc(C)c(OCCCCC(=O)Nc2ccc3c(c2)NC(=O)CO3)c1. The van der Waals surface area contributed by atoms with Crippen molar-refractivity contribution in [2.45, 2.75) is 33.1 Å². The van der Waals surface area contributed by atoms with Crippen molar-refractivity contribution >= 4 is 23.2 Å². The molecule has 6 heteroatoms. The topological polar surface area (TPSA) is 76.7 Å². The Hall–Kier alpha value is -3.02. The Kier molecular flexibility index (Phi) is 5.96. The van der Waals surface area contributed by atoms with E-state index in [-0.39, 0.29) is 18.4 Å². The number of fused-ring (bicyclic) bond motifs is 1. The summed E-state index contributed by atoms with van der Waals surface area (Å²) in [4.78, 5) is 23.5. The fourth-order valence-electron chi connectivity index (χ4n) is 2.82. The van der Waals surface area contributed by atoms with E-state index in [1.807, 2.05) is 26.0 Å². The fraction of sp³-hybridized carbons (Fsp3) is 0.333. The molecule has 2 aromatic carbocycles. The van der Waals surface area contributed by atoms with E-state index in [2.05, 4.69) is 16.7 Å². The molecular weight excluding hydrogens is 344 g/mol. The molecule has 0 fully saturated rings. The molecule has 0 unspecified atom stereocenters. The third kappa shape index (κ3) is 5.23. The van der Waals surface area contributed by atoms with Crippen LogP contribution >= 0.6 is 0 Å². The molecule has 0 aromatic heterocycles. The molecule has 0 radical (unpaired) electrons. The van der Waals surface area contributed by atoms with Crippen molar-refractivity contribution in [3.63, 3.8) is 0 Å². The molecular formula is C21H24N2O4. The Balaban J connectivity index is 1.40. The van der Waals surface area contributed by atoms with Crippen molar-refractivity contribution in [2.24, 2.45) is 0 Å². The van der Waals surface area contributed by atoms with Crippen LogP contribution in [0.1, 0.15) is 30.4 Å². The third-order valence-electron chi connectivity index (χ3n) is 4.30. The maximum Gasteiger partial charge on any atom is 0.262 e. The highest BCUT2D eigenvalue weighted by atomic mass is 16.5. The quantitative estimate of drug-likeness (QED) is 0.729. The molecule has 0 saturated carbocycles. The lowest BCUT2D eigenvalue weighted by atomic mass is 10.1. The van der Waals surface area contributed by atoms with E-state index in [9.17, 15) is 9.59 Å². The normalized spacial score (nSPS) is 12.6. The molecule has 1 heterocycles. The molecule has 27 heavy (non-hydrogen) atoms. The average molecular weight is 368 g/mol. The number of hydrogen-bond donors (Lipinski definition) is 2. The summed E-state index contributed by atoms with van der Waals surface area (Å²) in [6, 6.07) is 11.3. The molecule has 0 spiro atoms. The number of ether oxygens (including phenoxy) is 2. The summed E-state index contributed by atoms with van der Waals surface area (Å²) >= 11 is 0. The summed E-state index contributed by atoms with van der Waals surface area (Å²) < 4.78 is 11.1. The smallest absolute Gasteiger partial charge is 0.262 e. The zero-order valence-corrected chi connectivity index (χ0v) is 15.6. The second kappa shape index (κ2) is 8.58. The van der Waals surface area contributed by atoms with Gasteiger partial charge in [-0.05, 0) is 62.1 Å². The Morgan fingerprint density at radius 2 is 2.04 bits per heavy atom. The number of hydrogen-bond acceptors (Lipinski definition) is 4. The summed E-state index contributed by atoms with van der Waals surface area (Å²) in [5.41, 5.74) is 3.49. The van der Waals surface area contributed by atoms with Crippen LogP contribution in [0.15, 0.2) is 36.4 Å². The zero-order chi connectivity index (χ0) is 19.2. The first-order valence-corrected chi connectivity index (χ1v) is 9.08. The fourth-order valence-corrected chi connectivity index (χ4v) is 2.82. The van der Waals surface area contributed by atoms with Crippen molar-refractivity contribution < 1.29 is 19.1 Å². The molecule has 2 N–H and O–H groups in total. The second-order valence-electron chi connectivity index (χ2n) is 6.67. The molecule has 3 rings (SSSR count). The van der Waals surface area contributed by atoms with Gasteiger partial charge in [0.25, 0.3) is 5.91 Å². The summed E-state index contributed by atoms with van der Waals surface area (Å²) in [6.45, 7) is 4.66. The van der Waals surface area contributed by atoms with Gasteiger partial charge in [-0.3, -0.25) is 9.59 Å². The minimum atomic E-state index is -0.199. The Morgan fingerprint density at radius 1 is 1.19 bits per heavy atom. The predicted octanol–water partition coefficient (Wildman–Crippen LogP) is 3.82. The van der Waals surface area contributed by atoms with Crippen LogP contribution in [0.2, 0.25) is 0 Å². The number of nitrogens with one attached hydrogen (secondary N) is 2. The van der Waals surface area contributed by atoms with E-state index >= 15 is 0 Å². The number of rotatable bonds is 7. The first kappa shape index (κ1) is 18.8. The van der Waals surface area contributed by atoms with Crippen LogP contribution in [0.25, 0.3) is 0 Å². The molecule has 0 saturated heterocycles. The van der Waals surface area contributed by atoms with E-state index in [0.29, 0.717) is 30.2 Å². The highest BCUT2D eigenvalue weighted by Crippen LogP contribution is 2.30. The number of aryl methyl sites for hydroxylation is 2. The van der Waals surface area contributed by atoms with Gasteiger partial charge in [-0.2, -0.15) is 0 Å². The lowest BCUT2D eigenvalue weighted by Gasteiger charge is -2.18. The highest BCUT2D eigenvalue weighted by molar-refractivity contribution is 5.97. The van der Waals surface area contributed by atoms with Crippen LogP contribution in [0.4, 0.5) is 11.4 Å². The molecule has 1 aliphatic rings. The lowest BCUT2D eigenvalue weighted by Crippen LogP contribution is -2.25. The third-order valence-corrected chi connectivity index (χ3v) is 4.30. The number of amides is 2. The van der Waals surface area contributed by atoms with Crippen molar-refractivity contribution in [1.29, 1.82) is 0 Å². The van der Waals surface area contributed by atoms with Crippen LogP contribution in [-0.2, 0) is 9.59 Å². The largest absolute Gasteiger partial charge is 0.493 e. The number of carbonyl (C=O) groups excluding carboxylic acids is 2. The van der Waals surface area contributed by atoms with Gasteiger partial charge < -0.3 is 20.1 Å². The summed E-state index contributed by atoms with van der Waals surface area (Å²) in [7, 11) is 0. The van der Waals surface area contributed by atoms with Gasteiger partial charge in [-0.15, -0.1) is 0 Å². The van der Waals surface area contributed by atoms with Crippen LogP contribution in [-0.4, -0.2) is 25.0 Å². The van der Waals surface area contributed by atoms with Gasteiger partial charge in [-0.1, -0.05) is 12.1 Å². The van der Waals surface area contributed by atoms with E-state index in [4.69, 9.17) is 9.47 Å². The van der Waals surface area contributed by atoms with Gasteiger partial charge >= 0.3 is 0 Å². The summed E-state index contributed by atoms with van der Waals surface area (Å²) in [5, 5.41) is 5.57. The van der Waals surface area contributed by atoms with Crippen molar-refractivity contribution in [3.8, 4) is 11.5 Å². The minimum Gasteiger partial charge on any atom is -0.493 e. The Bertz CT molecular complexity index is 848. The van der Waals surface area contributed by atoms with E-state index < -0.39 is 0 Å². The highest BCUT2D eigenvalue weighted by Gasteiger charge is 2.16. The van der Waals surface area contributed by atoms with Gasteiger partial charge in [0.05, 0.1) is 12.3 Å². The van der Waals surface area contributed by atoms with E-state index in [0.717, 1.165) is 24.2 Å².